The third-order valence-corrected chi connectivity index (χ3v) is 2.70. The average Bonchev–Trinajstić information content (AvgIpc) is 3.17. The highest BCUT2D eigenvalue weighted by atomic mass is 16.5. The summed E-state index contributed by atoms with van der Waals surface area (Å²) in [6, 6.07) is 1.76. The third kappa shape index (κ3) is 3.58. The molecule has 0 unspecified atom stereocenters. The summed E-state index contributed by atoms with van der Waals surface area (Å²) < 4.78 is 5.06. The molecule has 1 amide bonds. The predicted molar refractivity (Wildman–Crippen MR) is 67.5 cm³/mol. The second kappa shape index (κ2) is 5.66. The Morgan fingerprint density at radius 1 is 1.44 bits per heavy atom. The molecule has 1 aromatic rings. The summed E-state index contributed by atoms with van der Waals surface area (Å²) in [4.78, 5) is 19.8. The van der Waals surface area contributed by atoms with Crippen LogP contribution in [-0.4, -0.2) is 36.1 Å². The minimum Gasteiger partial charge on any atom is -0.481 e. The maximum Gasteiger partial charge on any atom is 0.226 e. The van der Waals surface area contributed by atoms with Gasteiger partial charge in [0.15, 0.2) is 0 Å². The zero-order valence-electron chi connectivity index (χ0n) is 10.7. The number of aryl methyl sites for hydroxylation is 1. The van der Waals surface area contributed by atoms with Crippen LogP contribution in [0, 0.1) is 12.8 Å². The van der Waals surface area contributed by atoms with E-state index in [1.807, 2.05) is 6.92 Å². The second-order valence-electron chi connectivity index (χ2n) is 4.37. The van der Waals surface area contributed by atoms with Gasteiger partial charge >= 0.3 is 0 Å². The molecule has 1 aliphatic carbocycles. The van der Waals surface area contributed by atoms with Crippen LogP contribution in [-0.2, 0) is 4.79 Å². The minimum absolute atomic E-state index is 0.152. The van der Waals surface area contributed by atoms with Crippen molar-refractivity contribution in [1.82, 2.24) is 15.3 Å². The fraction of sp³-hybridized carbons (Fsp3) is 0.583. The number of nitrogens with one attached hydrogen (secondary N) is 2. The molecule has 2 N–H and O–H groups in total. The molecule has 6 nitrogen and oxygen atoms in total. The van der Waals surface area contributed by atoms with Crippen LogP contribution in [0.4, 0.5) is 5.95 Å². The molecule has 1 aromatic heterocycles. The minimum atomic E-state index is 0.152. The van der Waals surface area contributed by atoms with Crippen LogP contribution in [0.5, 0.6) is 5.88 Å². The molecule has 1 saturated carbocycles. The molecule has 6 heteroatoms. The highest BCUT2D eigenvalue weighted by molar-refractivity contribution is 5.80. The van der Waals surface area contributed by atoms with Gasteiger partial charge in [-0.05, 0) is 19.8 Å². The Labute approximate surface area is 106 Å². The van der Waals surface area contributed by atoms with Crippen molar-refractivity contribution in [3.63, 3.8) is 0 Å². The standard InChI is InChI=1S/C12H18N4O2/c1-8-7-10(18-2)16-12(15-8)14-6-5-13-11(17)9-3-4-9/h7,9H,3-6H2,1-2H3,(H,13,17)(H,14,15,16). The largest absolute Gasteiger partial charge is 0.481 e. The van der Waals surface area contributed by atoms with Crippen LogP contribution in [0.3, 0.4) is 0 Å². The van der Waals surface area contributed by atoms with Crippen LogP contribution in [0.1, 0.15) is 18.5 Å². The van der Waals surface area contributed by atoms with E-state index in [0.29, 0.717) is 24.9 Å². The highest BCUT2D eigenvalue weighted by Crippen LogP contribution is 2.28. The molecule has 0 radical (unpaired) electrons. The summed E-state index contributed by atoms with van der Waals surface area (Å²) >= 11 is 0. The normalized spacial score (nSPS) is 14.1. The van der Waals surface area contributed by atoms with Crippen molar-refractivity contribution < 1.29 is 9.53 Å². The molecular formula is C12H18N4O2. The first-order chi connectivity index (χ1) is 8.69. The molecule has 1 fully saturated rings. The van der Waals surface area contributed by atoms with Gasteiger partial charge in [0, 0.05) is 30.8 Å². The number of hydrogen-bond donors (Lipinski definition) is 2. The number of ether oxygens (including phenoxy) is 1. The zero-order valence-corrected chi connectivity index (χ0v) is 10.7. The van der Waals surface area contributed by atoms with Gasteiger partial charge in [0.2, 0.25) is 17.7 Å². The molecule has 0 atom stereocenters. The summed E-state index contributed by atoms with van der Waals surface area (Å²) in [6.45, 7) is 3.06. The average molecular weight is 250 g/mol. The molecule has 1 aliphatic rings. The van der Waals surface area contributed by atoms with E-state index in [4.69, 9.17) is 4.74 Å². The predicted octanol–water partition coefficient (Wildman–Crippen LogP) is 0.732. The Bertz CT molecular complexity index is 432. The van der Waals surface area contributed by atoms with Gasteiger partial charge in [-0.15, -0.1) is 0 Å². The lowest BCUT2D eigenvalue weighted by atomic mass is 10.4. The van der Waals surface area contributed by atoms with Crippen LogP contribution in [0.2, 0.25) is 0 Å². The van der Waals surface area contributed by atoms with E-state index in [0.717, 1.165) is 18.5 Å². The molecule has 0 bridgehead atoms. The number of rotatable bonds is 6. The quantitative estimate of drug-likeness (QED) is 0.728. The van der Waals surface area contributed by atoms with Crippen molar-refractivity contribution in [2.45, 2.75) is 19.8 Å². The summed E-state index contributed by atoms with van der Waals surface area (Å²) in [5.41, 5.74) is 0.839. The Hall–Kier alpha value is -1.85. The molecule has 1 heterocycles. The topological polar surface area (TPSA) is 76.1 Å². The maximum absolute atomic E-state index is 11.4. The lowest BCUT2D eigenvalue weighted by Crippen LogP contribution is -2.30. The number of anilines is 1. The van der Waals surface area contributed by atoms with Gasteiger partial charge in [-0.2, -0.15) is 4.98 Å². The van der Waals surface area contributed by atoms with E-state index in [-0.39, 0.29) is 11.8 Å². The van der Waals surface area contributed by atoms with Crippen LogP contribution in [0.25, 0.3) is 0 Å². The third-order valence-electron chi connectivity index (χ3n) is 2.70. The Balaban J connectivity index is 1.75. The first kappa shape index (κ1) is 12.6. The van der Waals surface area contributed by atoms with E-state index >= 15 is 0 Å². The Morgan fingerprint density at radius 2 is 2.22 bits per heavy atom. The van der Waals surface area contributed by atoms with Crippen molar-refractivity contribution in [2.75, 3.05) is 25.5 Å². The van der Waals surface area contributed by atoms with Gasteiger partial charge < -0.3 is 15.4 Å². The van der Waals surface area contributed by atoms with E-state index in [1.54, 1.807) is 13.2 Å². The van der Waals surface area contributed by atoms with Crippen LogP contribution in [0.15, 0.2) is 6.07 Å². The number of carbonyl (C=O) groups is 1. The van der Waals surface area contributed by atoms with Crippen molar-refractivity contribution in [1.29, 1.82) is 0 Å². The lowest BCUT2D eigenvalue weighted by Gasteiger charge is -2.08. The summed E-state index contributed by atoms with van der Waals surface area (Å²) in [7, 11) is 1.57. The van der Waals surface area contributed by atoms with Crippen LogP contribution < -0.4 is 15.4 Å². The zero-order chi connectivity index (χ0) is 13.0. The van der Waals surface area contributed by atoms with Gasteiger partial charge in [-0.3, -0.25) is 4.79 Å². The van der Waals surface area contributed by atoms with Gasteiger partial charge in [0.25, 0.3) is 0 Å². The SMILES string of the molecule is COc1cc(C)nc(NCCNC(=O)C2CC2)n1. The fourth-order valence-electron chi connectivity index (χ4n) is 1.57. The molecular weight excluding hydrogens is 232 g/mol. The number of nitrogens with zero attached hydrogens (tertiary/aromatic N) is 2. The van der Waals surface area contributed by atoms with E-state index in [2.05, 4.69) is 20.6 Å². The van der Waals surface area contributed by atoms with Crippen molar-refractivity contribution in [3.8, 4) is 5.88 Å². The smallest absolute Gasteiger partial charge is 0.226 e. The summed E-state index contributed by atoms with van der Waals surface area (Å²) in [5.74, 6) is 1.46. The molecule has 98 valence electrons. The number of carbonyl (C=O) groups excluding carboxylic acids is 1. The van der Waals surface area contributed by atoms with E-state index < -0.39 is 0 Å². The van der Waals surface area contributed by atoms with Gasteiger partial charge in [-0.25, -0.2) is 4.98 Å². The lowest BCUT2D eigenvalue weighted by molar-refractivity contribution is -0.122. The second-order valence-corrected chi connectivity index (χ2v) is 4.37. The van der Waals surface area contributed by atoms with Gasteiger partial charge in [0.05, 0.1) is 7.11 Å². The maximum atomic E-state index is 11.4. The molecule has 18 heavy (non-hydrogen) atoms. The first-order valence-electron chi connectivity index (χ1n) is 6.10. The monoisotopic (exact) mass is 250 g/mol. The Morgan fingerprint density at radius 3 is 2.89 bits per heavy atom. The van der Waals surface area contributed by atoms with Crippen molar-refractivity contribution in [3.05, 3.63) is 11.8 Å². The van der Waals surface area contributed by atoms with Gasteiger partial charge in [-0.1, -0.05) is 0 Å². The molecule has 2 rings (SSSR count). The molecule has 0 aliphatic heterocycles. The van der Waals surface area contributed by atoms with Crippen LogP contribution >= 0.6 is 0 Å². The summed E-state index contributed by atoms with van der Waals surface area (Å²) in [5, 5.41) is 5.93. The summed E-state index contributed by atoms with van der Waals surface area (Å²) in [6.07, 6.45) is 2.05. The molecule has 0 spiro atoms. The highest BCUT2D eigenvalue weighted by Gasteiger charge is 2.28. The van der Waals surface area contributed by atoms with Crippen molar-refractivity contribution >= 4 is 11.9 Å². The molecule has 0 aromatic carbocycles. The van der Waals surface area contributed by atoms with Gasteiger partial charge in [0.1, 0.15) is 0 Å². The molecule has 0 saturated heterocycles. The number of methoxy groups -OCH3 is 1. The first-order valence-corrected chi connectivity index (χ1v) is 6.10. The number of hydrogen-bond acceptors (Lipinski definition) is 5. The fourth-order valence-corrected chi connectivity index (χ4v) is 1.57. The number of amides is 1. The van der Waals surface area contributed by atoms with Crippen molar-refractivity contribution in [2.24, 2.45) is 5.92 Å². The Kier molecular flexibility index (Phi) is 3.96. The van der Waals surface area contributed by atoms with E-state index in [1.165, 1.54) is 0 Å². The van der Waals surface area contributed by atoms with E-state index in [9.17, 15) is 4.79 Å². The number of aromatic nitrogens is 2.